The summed E-state index contributed by atoms with van der Waals surface area (Å²) in [5.74, 6) is -0.0216. The minimum atomic E-state index is -0.821. The van der Waals surface area contributed by atoms with E-state index >= 15 is 0 Å². The molecule has 1 unspecified atom stereocenters. The number of aromatic nitrogens is 2. The van der Waals surface area contributed by atoms with Gasteiger partial charge in [-0.15, -0.1) is 11.8 Å². The molecule has 19 heavy (non-hydrogen) atoms. The van der Waals surface area contributed by atoms with Crippen LogP contribution in [0.4, 0.5) is 0 Å². The van der Waals surface area contributed by atoms with E-state index in [2.05, 4.69) is 15.3 Å². The first-order valence-corrected chi connectivity index (χ1v) is 7.55. The zero-order chi connectivity index (χ0) is 13.7. The van der Waals surface area contributed by atoms with Crippen molar-refractivity contribution in [2.75, 3.05) is 12.3 Å². The third-order valence-corrected chi connectivity index (χ3v) is 4.44. The van der Waals surface area contributed by atoms with E-state index in [0.717, 1.165) is 30.8 Å². The van der Waals surface area contributed by atoms with Crippen LogP contribution in [0.25, 0.3) is 0 Å². The van der Waals surface area contributed by atoms with E-state index in [4.69, 9.17) is 0 Å². The van der Waals surface area contributed by atoms with Crippen LogP contribution in [0, 0.1) is 5.92 Å². The van der Waals surface area contributed by atoms with Gasteiger partial charge >= 0.3 is 5.97 Å². The Kier molecular flexibility index (Phi) is 4.76. The van der Waals surface area contributed by atoms with Crippen LogP contribution >= 0.6 is 11.8 Å². The first-order chi connectivity index (χ1) is 9.19. The third kappa shape index (κ3) is 3.45. The van der Waals surface area contributed by atoms with Crippen LogP contribution in [0.3, 0.4) is 0 Å². The lowest BCUT2D eigenvalue weighted by atomic mass is 9.95. The monoisotopic (exact) mass is 281 g/mol. The molecule has 6 heteroatoms. The maximum atomic E-state index is 11.7. The van der Waals surface area contributed by atoms with Gasteiger partial charge in [-0.3, -0.25) is 9.78 Å². The molecule has 0 aromatic carbocycles. The van der Waals surface area contributed by atoms with E-state index in [1.807, 2.05) is 6.92 Å². The van der Waals surface area contributed by atoms with Crippen LogP contribution in [0.5, 0.6) is 0 Å². The standard InChI is InChI=1S/C13H19N3O2S/c1-2-5-16-13(12(17)18,10-3-4-10)9-19-11-8-14-6-7-15-11/h6-8,10,16H,2-5,9H2,1H3,(H,17,18). The Morgan fingerprint density at radius 2 is 2.37 bits per heavy atom. The molecule has 1 fully saturated rings. The highest BCUT2D eigenvalue weighted by atomic mass is 32.2. The van der Waals surface area contributed by atoms with Crippen molar-refractivity contribution in [3.05, 3.63) is 18.6 Å². The number of hydrogen-bond acceptors (Lipinski definition) is 5. The molecule has 1 aromatic rings. The lowest BCUT2D eigenvalue weighted by Crippen LogP contribution is -2.56. The van der Waals surface area contributed by atoms with Gasteiger partial charge in [0, 0.05) is 18.1 Å². The number of rotatable bonds is 8. The maximum Gasteiger partial charge on any atom is 0.325 e. The molecule has 0 radical (unpaired) electrons. The lowest BCUT2D eigenvalue weighted by Gasteiger charge is -2.30. The van der Waals surface area contributed by atoms with Crippen molar-refractivity contribution in [3.63, 3.8) is 0 Å². The van der Waals surface area contributed by atoms with Gasteiger partial charge in [0.1, 0.15) is 10.6 Å². The Labute approximate surface area is 117 Å². The van der Waals surface area contributed by atoms with Crippen molar-refractivity contribution in [3.8, 4) is 0 Å². The third-order valence-electron chi connectivity index (χ3n) is 3.33. The minimum absolute atomic E-state index is 0.237. The van der Waals surface area contributed by atoms with Gasteiger partial charge in [-0.2, -0.15) is 0 Å². The number of thioether (sulfide) groups is 1. The molecular weight excluding hydrogens is 262 g/mol. The number of nitrogens with zero attached hydrogens (tertiary/aromatic N) is 2. The second-order valence-corrected chi connectivity index (χ2v) is 5.81. The highest BCUT2D eigenvalue weighted by Gasteiger charge is 2.50. The average molecular weight is 281 g/mol. The molecule has 2 N–H and O–H groups in total. The molecule has 1 atom stereocenters. The van der Waals surface area contributed by atoms with Crippen molar-refractivity contribution in [1.29, 1.82) is 0 Å². The average Bonchev–Trinajstić information content (AvgIpc) is 3.25. The van der Waals surface area contributed by atoms with Gasteiger partial charge in [-0.1, -0.05) is 6.92 Å². The molecule has 0 amide bonds. The van der Waals surface area contributed by atoms with Crippen molar-refractivity contribution in [2.45, 2.75) is 36.8 Å². The maximum absolute atomic E-state index is 11.7. The molecule has 1 heterocycles. The summed E-state index contributed by atoms with van der Waals surface area (Å²) in [4.78, 5) is 19.9. The minimum Gasteiger partial charge on any atom is -0.480 e. The summed E-state index contributed by atoms with van der Waals surface area (Å²) >= 11 is 1.46. The molecule has 1 aliphatic carbocycles. The number of carboxylic acid groups (broad SMARTS) is 1. The molecular formula is C13H19N3O2S. The van der Waals surface area contributed by atoms with E-state index in [0.29, 0.717) is 5.75 Å². The Hall–Kier alpha value is -1.14. The SMILES string of the molecule is CCCNC(CSc1cnccn1)(C(=O)O)C1CC1. The lowest BCUT2D eigenvalue weighted by molar-refractivity contribution is -0.144. The van der Waals surface area contributed by atoms with Crippen LogP contribution in [0.1, 0.15) is 26.2 Å². The topological polar surface area (TPSA) is 75.1 Å². The van der Waals surface area contributed by atoms with Crippen molar-refractivity contribution < 1.29 is 9.90 Å². The number of hydrogen-bond donors (Lipinski definition) is 2. The van der Waals surface area contributed by atoms with Gasteiger partial charge in [0.05, 0.1) is 6.20 Å². The first kappa shape index (κ1) is 14.3. The van der Waals surface area contributed by atoms with Crippen molar-refractivity contribution in [2.24, 2.45) is 5.92 Å². The molecule has 5 nitrogen and oxygen atoms in total. The Morgan fingerprint density at radius 1 is 1.58 bits per heavy atom. The summed E-state index contributed by atoms with van der Waals surface area (Å²) < 4.78 is 0. The highest BCUT2D eigenvalue weighted by molar-refractivity contribution is 7.99. The van der Waals surface area contributed by atoms with Gasteiger partial charge in [0.25, 0.3) is 0 Å². The number of carbonyl (C=O) groups is 1. The van der Waals surface area contributed by atoms with Crippen LogP contribution < -0.4 is 5.32 Å². The van der Waals surface area contributed by atoms with Crippen LogP contribution in [0.2, 0.25) is 0 Å². The fourth-order valence-electron chi connectivity index (χ4n) is 2.10. The van der Waals surface area contributed by atoms with Gasteiger partial charge in [-0.05, 0) is 31.7 Å². The van der Waals surface area contributed by atoms with Gasteiger partial charge in [0.15, 0.2) is 0 Å². The summed E-state index contributed by atoms with van der Waals surface area (Å²) in [6.45, 7) is 2.77. The fourth-order valence-corrected chi connectivity index (χ4v) is 3.20. The summed E-state index contributed by atoms with van der Waals surface area (Å²) in [5.41, 5.74) is -0.821. The van der Waals surface area contributed by atoms with Crippen LogP contribution in [0.15, 0.2) is 23.6 Å². The number of carboxylic acids is 1. The smallest absolute Gasteiger partial charge is 0.325 e. The second kappa shape index (κ2) is 6.34. The summed E-state index contributed by atoms with van der Waals surface area (Å²) in [6, 6.07) is 0. The van der Waals surface area contributed by atoms with E-state index in [-0.39, 0.29) is 5.92 Å². The zero-order valence-electron chi connectivity index (χ0n) is 11.0. The van der Waals surface area contributed by atoms with E-state index in [1.54, 1.807) is 18.6 Å². The highest BCUT2D eigenvalue weighted by Crippen LogP contribution is 2.42. The summed E-state index contributed by atoms with van der Waals surface area (Å²) in [5, 5.41) is 13.6. The predicted molar refractivity (Wildman–Crippen MR) is 74.1 cm³/mol. The van der Waals surface area contributed by atoms with Crippen molar-refractivity contribution in [1.82, 2.24) is 15.3 Å². The molecule has 104 valence electrons. The Morgan fingerprint density at radius 3 is 2.89 bits per heavy atom. The molecule has 0 bridgehead atoms. The fraction of sp³-hybridized carbons (Fsp3) is 0.615. The molecule has 1 saturated carbocycles. The second-order valence-electron chi connectivity index (χ2n) is 4.81. The van der Waals surface area contributed by atoms with Crippen LogP contribution in [-0.2, 0) is 4.79 Å². The molecule has 1 aliphatic rings. The largest absolute Gasteiger partial charge is 0.480 e. The number of aliphatic carboxylic acids is 1. The first-order valence-electron chi connectivity index (χ1n) is 6.56. The Balaban J connectivity index is 2.06. The van der Waals surface area contributed by atoms with Crippen molar-refractivity contribution >= 4 is 17.7 Å². The molecule has 2 rings (SSSR count). The summed E-state index contributed by atoms with van der Waals surface area (Å²) in [6.07, 6.45) is 7.82. The predicted octanol–water partition coefficient (Wildman–Crippen LogP) is 1.80. The van der Waals surface area contributed by atoms with E-state index in [9.17, 15) is 9.90 Å². The van der Waals surface area contributed by atoms with Gasteiger partial charge < -0.3 is 10.4 Å². The quantitative estimate of drug-likeness (QED) is 0.708. The van der Waals surface area contributed by atoms with Crippen LogP contribution in [-0.4, -0.2) is 38.9 Å². The zero-order valence-corrected chi connectivity index (χ0v) is 11.8. The van der Waals surface area contributed by atoms with Gasteiger partial charge in [0.2, 0.25) is 0 Å². The number of nitrogens with one attached hydrogen (secondary N) is 1. The van der Waals surface area contributed by atoms with E-state index < -0.39 is 11.5 Å². The normalized spacial score (nSPS) is 17.9. The van der Waals surface area contributed by atoms with E-state index in [1.165, 1.54) is 11.8 Å². The molecule has 0 aliphatic heterocycles. The molecule has 1 aromatic heterocycles. The summed E-state index contributed by atoms with van der Waals surface area (Å²) in [7, 11) is 0. The van der Waals surface area contributed by atoms with Gasteiger partial charge in [-0.25, -0.2) is 4.98 Å². The molecule has 0 saturated heterocycles. The Bertz CT molecular complexity index is 425. The molecule has 0 spiro atoms.